The Labute approximate surface area is 90.5 Å². The average Bonchev–Trinajstić information content (AvgIpc) is 2.21. The molecule has 0 saturated carbocycles. The van der Waals surface area contributed by atoms with Crippen molar-refractivity contribution in [3.8, 4) is 0 Å². The molecule has 0 fully saturated rings. The number of pyridine rings is 1. The number of nitrogens with zero attached hydrogens (tertiary/aromatic N) is 1. The molecule has 0 atom stereocenters. The van der Waals surface area contributed by atoms with Crippen LogP contribution in [-0.4, -0.2) is 10.5 Å². The van der Waals surface area contributed by atoms with Crippen molar-refractivity contribution in [2.24, 2.45) is 5.73 Å². The molecule has 2 N–H and O–H groups in total. The van der Waals surface area contributed by atoms with Gasteiger partial charge in [-0.25, -0.2) is 0 Å². The van der Waals surface area contributed by atoms with Gasteiger partial charge in [0.2, 0.25) is 0 Å². The topological polar surface area (TPSA) is 38.9 Å². The molecule has 2 nitrogen and oxygen atoms in total. The van der Waals surface area contributed by atoms with Crippen molar-refractivity contribution in [3.63, 3.8) is 0 Å². The van der Waals surface area contributed by atoms with Crippen molar-refractivity contribution in [2.45, 2.75) is 38.6 Å². The highest BCUT2D eigenvalue weighted by Crippen LogP contribution is 2.22. The maximum absolute atomic E-state index is 6.22. The normalized spacial score (nSPS) is 11.7. The minimum absolute atomic E-state index is 0.134. The van der Waals surface area contributed by atoms with Gasteiger partial charge in [0.15, 0.2) is 0 Å². The minimum Gasteiger partial charge on any atom is -0.325 e. The molecule has 0 aliphatic rings. The molecule has 1 rings (SSSR count). The first-order valence-corrected chi connectivity index (χ1v) is 5.36. The van der Waals surface area contributed by atoms with Gasteiger partial charge in [-0.15, -0.1) is 0 Å². The molecule has 14 heavy (non-hydrogen) atoms. The predicted octanol–water partition coefficient (Wildman–Crippen LogP) is 2.80. The molecule has 1 aromatic rings. The molecule has 0 aromatic carbocycles. The van der Waals surface area contributed by atoms with Crippen LogP contribution in [0.2, 0.25) is 5.02 Å². The second-order valence-electron chi connectivity index (χ2n) is 3.71. The van der Waals surface area contributed by atoms with Gasteiger partial charge in [0.1, 0.15) is 0 Å². The van der Waals surface area contributed by atoms with E-state index in [9.17, 15) is 0 Å². The number of halogens is 1. The van der Waals surface area contributed by atoms with Crippen LogP contribution in [-0.2, 0) is 6.42 Å². The summed E-state index contributed by atoms with van der Waals surface area (Å²) in [4.78, 5) is 3.95. The summed E-state index contributed by atoms with van der Waals surface area (Å²) >= 11 is 6.03. The lowest BCUT2D eigenvalue weighted by Gasteiger charge is -2.26. The third-order valence-electron chi connectivity index (χ3n) is 2.81. The highest BCUT2D eigenvalue weighted by Gasteiger charge is 2.21. The highest BCUT2D eigenvalue weighted by atomic mass is 35.5. The molecule has 0 saturated heterocycles. The van der Waals surface area contributed by atoms with E-state index >= 15 is 0 Å². The van der Waals surface area contributed by atoms with Gasteiger partial charge in [-0.05, 0) is 30.9 Å². The van der Waals surface area contributed by atoms with Crippen LogP contribution in [0.25, 0.3) is 0 Å². The van der Waals surface area contributed by atoms with Gasteiger partial charge in [0, 0.05) is 17.9 Å². The second-order valence-corrected chi connectivity index (χ2v) is 4.12. The van der Waals surface area contributed by atoms with Crippen LogP contribution in [0.4, 0.5) is 0 Å². The summed E-state index contributed by atoms with van der Waals surface area (Å²) in [6.45, 7) is 4.22. The smallest absolute Gasteiger partial charge is 0.0621 e. The van der Waals surface area contributed by atoms with Gasteiger partial charge < -0.3 is 5.73 Å². The zero-order valence-electron chi connectivity index (χ0n) is 8.76. The van der Waals surface area contributed by atoms with Crippen LogP contribution in [0.1, 0.15) is 32.3 Å². The zero-order valence-corrected chi connectivity index (χ0v) is 9.51. The summed E-state index contributed by atoms with van der Waals surface area (Å²) in [6.07, 6.45) is 6.17. The molecule has 0 aliphatic heterocycles. The molecule has 1 heterocycles. The highest BCUT2D eigenvalue weighted by molar-refractivity contribution is 6.31. The van der Waals surface area contributed by atoms with E-state index in [4.69, 9.17) is 17.3 Å². The van der Waals surface area contributed by atoms with Gasteiger partial charge in [0.25, 0.3) is 0 Å². The standard InChI is InChI=1S/C11H17ClN2/c1-3-11(13,4-2)7-9-5-6-14-8-10(9)12/h5-6,8H,3-4,7,13H2,1-2H3. The van der Waals surface area contributed by atoms with E-state index in [0.717, 1.165) is 24.8 Å². The number of hydrogen-bond acceptors (Lipinski definition) is 2. The van der Waals surface area contributed by atoms with E-state index < -0.39 is 0 Å². The first-order valence-electron chi connectivity index (χ1n) is 4.98. The van der Waals surface area contributed by atoms with E-state index in [0.29, 0.717) is 5.02 Å². The lowest BCUT2D eigenvalue weighted by molar-refractivity contribution is 0.393. The summed E-state index contributed by atoms with van der Waals surface area (Å²) in [5, 5.41) is 0.712. The van der Waals surface area contributed by atoms with Crippen molar-refractivity contribution in [1.29, 1.82) is 0 Å². The molecule has 0 amide bonds. The molecular formula is C11H17ClN2. The molecule has 78 valence electrons. The third-order valence-corrected chi connectivity index (χ3v) is 3.15. The Morgan fingerprint density at radius 1 is 1.43 bits per heavy atom. The van der Waals surface area contributed by atoms with Gasteiger partial charge in [-0.2, -0.15) is 0 Å². The largest absolute Gasteiger partial charge is 0.325 e. The van der Waals surface area contributed by atoms with Gasteiger partial charge in [-0.3, -0.25) is 4.98 Å². The van der Waals surface area contributed by atoms with Crippen LogP contribution in [0.5, 0.6) is 0 Å². The van der Waals surface area contributed by atoms with E-state index in [1.807, 2.05) is 6.07 Å². The molecule has 0 radical (unpaired) electrons. The number of hydrogen-bond donors (Lipinski definition) is 1. The Bertz CT molecular complexity index is 295. The molecule has 0 bridgehead atoms. The fourth-order valence-electron chi connectivity index (χ4n) is 1.43. The maximum Gasteiger partial charge on any atom is 0.0621 e. The SMILES string of the molecule is CCC(N)(CC)Cc1ccncc1Cl. The van der Waals surface area contributed by atoms with E-state index in [1.54, 1.807) is 12.4 Å². The van der Waals surface area contributed by atoms with Crippen LogP contribution in [0.15, 0.2) is 18.5 Å². The van der Waals surface area contributed by atoms with Crippen LogP contribution < -0.4 is 5.73 Å². The van der Waals surface area contributed by atoms with Gasteiger partial charge in [0.05, 0.1) is 5.02 Å². The maximum atomic E-state index is 6.22. The Kier molecular flexibility index (Phi) is 3.90. The van der Waals surface area contributed by atoms with Crippen molar-refractivity contribution in [2.75, 3.05) is 0 Å². The Hall–Kier alpha value is -0.600. The summed E-state index contributed by atoms with van der Waals surface area (Å²) in [6, 6.07) is 1.94. The number of aromatic nitrogens is 1. The number of rotatable bonds is 4. The monoisotopic (exact) mass is 212 g/mol. The van der Waals surface area contributed by atoms with Crippen molar-refractivity contribution in [1.82, 2.24) is 4.98 Å². The lowest BCUT2D eigenvalue weighted by Crippen LogP contribution is -2.40. The Morgan fingerprint density at radius 2 is 2.07 bits per heavy atom. The predicted molar refractivity (Wildman–Crippen MR) is 60.5 cm³/mol. The minimum atomic E-state index is -0.134. The average molecular weight is 213 g/mol. The van der Waals surface area contributed by atoms with E-state index in [-0.39, 0.29) is 5.54 Å². The fourth-order valence-corrected chi connectivity index (χ4v) is 1.61. The Morgan fingerprint density at radius 3 is 2.57 bits per heavy atom. The summed E-state index contributed by atoms with van der Waals surface area (Å²) in [5.74, 6) is 0. The zero-order chi connectivity index (χ0) is 10.6. The first kappa shape index (κ1) is 11.5. The molecule has 0 unspecified atom stereocenters. The second kappa shape index (κ2) is 4.76. The quantitative estimate of drug-likeness (QED) is 0.834. The third kappa shape index (κ3) is 2.69. The first-order chi connectivity index (χ1) is 6.61. The lowest BCUT2D eigenvalue weighted by atomic mass is 9.87. The fraction of sp³-hybridized carbons (Fsp3) is 0.545. The van der Waals surface area contributed by atoms with Crippen molar-refractivity contribution >= 4 is 11.6 Å². The van der Waals surface area contributed by atoms with Crippen molar-refractivity contribution in [3.05, 3.63) is 29.0 Å². The Balaban J connectivity index is 2.82. The van der Waals surface area contributed by atoms with E-state index in [2.05, 4.69) is 18.8 Å². The van der Waals surface area contributed by atoms with Crippen LogP contribution in [0, 0.1) is 0 Å². The molecule has 0 aliphatic carbocycles. The number of nitrogens with two attached hydrogens (primary N) is 1. The molecule has 0 spiro atoms. The molecule has 3 heteroatoms. The summed E-state index contributed by atoms with van der Waals surface area (Å²) in [7, 11) is 0. The van der Waals surface area contributed by atoms with Gasteiger partial charge >= 0.3 is 0 Å². The van der Waals surface area contributed by atoms with Crippen LogP contribution in [0.3, 0.4) is 0 Å². The van der Waals surface area contributed by atoms with Gasteiger partial charge in [-0.1, -0.05) is 25.4 Å². The van der Waals surface area contributed by atoms with Crippen LogP contribution >= 0.6 is 11.6 Å². The summed E-state index contributed by atoms with van der Waals surface area (Å²) < 4.78 is 0. The molecule has 1 aromatic heterocycles. The van der Waals surface area contributed by atoms with Crippen molar-refractivity contribution < 1.29 is 0 Å². The summed E-state index contributed by atoms with van der Waals surface area (Å²) in [5.41, 5.74) is 7.18. The molecular weight excluding hydrogens is 196 g/mol. The van der Waals surface area contributed by atoms with E-state index in [1.165, 1.54) is 0 Å².